The second-order valence-electron chi connectivity index (χ2n) is 3.16. The van der Waals surface area contributed by atoms with Gasteiger partial charge in [0.15, 0.2) is 5.91 Å². The Morgan fingerprint density at radius 2 is 1.75 bits per heavy atom. The normalized spacial score (nSPS) is 14.7. The Labute approximate surface area is 75.1 Å². The first kappa shape index (κ1) is 12.2. The maximum absolute atomic E-state index is 13.4. The number of halogens is 1. The van der Waals surface area contributed by atoms with Gasteiger partial charge in [-0.15, -0.1) is 0 Å². The third-order valence-corrected chi connectivity index (χ3v) is 5.80. The summed E-state index contributed by atoms with van der Waals surface area (Å²) in [5, 5.41) is 0. The second kappa shape index (κ2) is 5.75. The molecule has 1 unspecified atom stereocenters. The first-order valence-electron chi connectivity index (χ1n) is 4.82. The van der Waals surface area contributed by atoms with E-state index in [0.717, 1.165) is 12.8 Å². The molecule has 1 atom stereocenters. The maximum atomic E-state index is 13.4. The van der Waals surface area contributed by atoms with Crippen molar-refractivity contribution in [3.05, 3.63) is 0 Å². The monoisotopic (exact) mass is 194 g/mol. The smallest absolute Gasteiger partial charge is 0.153 e. The van der Waals surface area contributed by atoms with E-state index in [1.54, 1.807) is 0 Å². The standard InChI is InChI=1S/C9H20FOP/c1-4-7-8-9(10)12(11,5-2)6-3/h9H,4-8H2,1-3H3. The molecular formula is C9H20FOP. The van der Waals surface area contributed by atoms with E-state index in [0.29, 0.717) is 18.7 Å². The average molecular weight is 194 g/mol. The lowest BCUT2D eigenvalue weighted by atomic mass is 10.3. The molecule has 0 fully saturated rings. The van der Waals surface area contributed by atoms with Gasteiger partial charge in [0.25, 0.3) is 0 Å². The van der Waals surface area contributed by atoms with E-state index in [4.69, 9.17) is 0 Å². The SMILES string of the molecule is CCCCC(F)P(=O)(CC)CC. The van der Waals surface area contributed by atoms with Gasteiger partial charge in [-0.2, -0.15) is 0 Å². The van der Waals surface area contributed by atoms with E-state index in [9.17, 15) is 8.96 Å². The Morgan fingerprint density at radius 3 is 2.08 bits per heavy atom. The van der Waals surface area contributed by atoms with Crippen molar-refractivity contribution in [3.8, 4) is 0 Å². The van der Waals surface area contributed by atoms with Gasteiger partial charge in [-0.25, -0.2) is 4.39 Å². The lowest BCUT2D eigenvalue weighted by Crippen LogP contribution is -2.05. The highest BCUT2D eigenvalue weighted by molar-refractivity contribution is 7.64. The number of rotatable bonds is 6. The van der Waals surface area contributed by atoms with Crippen LogP contribution in [0.3, 0.4) is 0 Å². The zero-order valence-electron chi connectivity index (χ0n) is 8.35. The van der Waals surface area contributed by atoms with Gasteiger partial charge in [0, 0.05) is 12.3 Å². The zero-order valence-corrected chi connectivity index (χ0v) is 9.24. The van der Waals surface area contributed by atoms with Crippen LogP contribution >= 0.6 is 7.14 Å². The van der Waals surface area contributed by atoms with E-state index in [1.165, 1.54) is 0 Å². The first-order valence-corrected chi connectivity index (χ1v) is 6.97. The van der Waals surface area contributed by atoms with Crippen LogP contribution in [-0.2, 0) is 4.57 Å². The minimum Gasteiger partial charge on any atom is -0.321 e. The van der Waals surface area contributed by atoms with Crippen LogP contribution in [0.5, 0.6) is 0 Å². The molecule has 0 amide bonds. The molecule has 74 valence electrons. The molecule has 0 rings (SSSR count). The third-order valence-electron chi connectivity index (χ3n) is 2.38. The number of hydrogen-bond acceptors (Lipinski definition) is 1. The summed E-state index contributed by atoms with van der Waals surface area (Å²) in [6, 6.07) is 0. The van der Waals surface area contributed by atoms with Crippen molar-refractivity contribution in [2.45, 2.75) is 45.9 Å². The van der Waals surface area contributed by atoms with E-state index in [-0.39, 0.29) is 0 Å². The summed E-state index contributed by atoms with van der Waals surface area (Å²) in [5.74, 6) is -1.05. The molecular weight excluding hydrogens is 174 g/mol. The van der Waals surface area contributed by atoms with E-state index in [2.05, 4.69) is 0 Å². The largest absolute Gasteiger partial charge is 0.321 e. The molecule has 0 aromatic rings. The predicted molar refractivity (Wildman–Crippen MR) is 53.1 cm³/mol. The van der Waals surface area contributed by atoms with Crippen molar-refractivity contribution < 1.29 is 8.96 Å². The van der Waals surface area contributed by atoms with Crippen molar-refractivity contribution in [3.63, 3.8) is 0 Å². The Hall–Kier alpha value is 0.160. The molecule has 0 heterocycles. The molecule has 0 aromatic heterocycles. The van der Waals surface area contributed by atoms with Gasteiger partial charge in [-0.3, -0.25) is 0 Å². The topological polar surface area (TPSA) is 17.1 Å². The highest BCUT2D eigenvalue weighted by atomic mass is 31.2. The van der Waals surface area contributed by atoms with Crippen LogP contribution in [0.2, 0.25) is 0 Å². The Kier molecular flexibility index (Phi) is 5.82. The van der Waals surface area contributed by atoms with Crippen molar-refractivity contribution in [2.24, 2.45) is 0 Å². The minimum atomic E-state index is -2.47. The van der Waals surface area contributed by atoms with Crippen LogP contribution in [0.25, 0.3) is 0 Å². The Bertz CT molecular complexity index is 151. The fourth-order valence-corrected chi connectivity index (χ4v) is 3.12. The van der Waals surface area contributed by atoms with Crippen LogP contribution in [-0.4, -0.2) is 18.2 Å². The van der Waals surface area contributed by atoms with Crippen LogP contribution in [0.1, 0.15) is 40.0 Å². The second-order valence-corrected chi connectivity index (χ2v) is 6.89. The fraction of sp³-hybridized carbons (Fsp3) is 1.00. The molecule has 0 radical (unpaired) electrons. The van der Waals surface area contributed by atoms with Crippen molar-refractivity contribution >= 4 is 7.14 Å². The average Bonchev–Trinajstić information content (AvgIpc) is 2.12. The van der Waals surface area contributed by atoms with E-state index in [1.807, 2.05) is 20.8 Å². The number of alkyl halides is 1. The summed E-state index contributed by atoms with van der Waals surface area (Å²) >= 11 is 0. The lowest BCUT2D eigenvalue weighted by molar-refractivity contribution is 0.389. The Morgan fingerprint density at radius 1 is 1.25 bits per heavy atom. The van der Waals surface area contributed by atoms with Crippen LogP contribution in [0.15, 0.2) is 0 Å². The summed E-state index contributed by atoms with van der Waals surface area (Å²) in [6.07, 6.45) is 3.33. The van der Waals surface area contributed by atoms with Crippen molar-refractivity contribution in [1.82, 2.24) is 0 Å². The van der Waals surface area contributed by atoms with Gasteiger partial charge in [-0.1, -0.05) is 33.6 Å². The molecule has 0 saturated carbocycles. The predicted octanol–water partition coefficient (Wildman–Crippen LogP) is 3.88. The third kappa shape index (κ3) is 3.26. The molecule has 0 N–H and O–H groups in total. The fourth-order valence-electron chi connectivity index (χ4n) is 1.23. The summed E-state index contributed by atoms with van der Waals surface area (Å²) in [4.78, 5) is 0. The quantitative estimate of drug-likeness (QED) is 0.586. The molecule has 0 aliphatic heterocycles. The molecule has 0 aliphatic carbocycles. The highest BCUT2D eigenvalue weighted by Crippen LogP contribution is 2.52. The number of unbranched alkanes of at least 4 members (excludes halogenated alkanes) is 1. The molecule has 1 nitrogen and oxygen atoms in total. The van der Waals surface area contributed by atoms with E-state index < -0.39 is 13.1 Å². The number of hydrogen-bond donors (Lipinski definition) is 0. The molecule has 0 aliphatic rings. The van der Waals surface area contributed by atoms with Gasteiger partial charge in [-0.05, 0) is 6.42 Å². The molecule has 12 heavy (non-hydrogen) atoms. The van der Waals surface area contributed by atoms with Gasteiger partial charge in [0.1, 0.15) is 7.14 Å². The molecule has 0 aromatic carbocycles. The zero-order chi connectivity index (χ0) is 9.61. The minimum absolute atomic E-state index is 0.482. The van der Waals surface area contributed by atoms with Crippen molar-refractivity contribution in [1.29, 1.82) is 0 Å². The van der Waals surface area contributed by atoms with Crippen LogP contribution in [0.4, 0.5) is 4.39 Å². The van der Waals surface area contributed by atoms with Crippen LogP contribution in [0, 0.1) is 0 Å². The molecule has 0 bridgehead atoms. The van der Waals surface area contributed by atoms with E-state index >= 15 is 0 Å². The Balaban J connectivity index is 4.03. The summed E-state index contributed by atoms with van der Waals surface area (Å²) in [7, 11) is -2.47. The van der Waals surface area contributed by atoms with Crippen LogP contribution < -0.4 is 0 Å². The molecule has 0 spiro atoms. The van der Waals surface area contributed by atoms with Gasteiger partial charge >= 0.3 is 0 Å². The molecule has 3 heteroatoms. The van der Waals surface area contributed by atoms with Gasteiger partial charge in [0.2, 0.25) is 0 Å². The van der Waals surface area contributed by atoms with Gasteiger partial charge in [0.05, 0.1) is 0 Å². The first-order chi connectivity index (χ1) is 5.60. The maximum Gasteiger partial charge on any atom is 0.153 e. The summed E-state index contributed by atoms with van der Waals surface area (Å²) < 4.78 is 25.2. The highest BCUT2D eigenvalue weighted by Gasteiger charge is 2.28. The molecule has 0 saturated heterocycles. The van der Waals surface area contributed by atoms with Crippen molar-refractivity contribution in [2.75, 3.05) is 12.3 Å². The lowest BCUT2D eigenvalue weighted by Gasteiger charge is -2.18. The summed E-state index contributed by atoms with van der Waals surface area (Å²) in [5.41, 5.74) is 0. The van der Waals surface area contributed by atoms with Gasteiger partial charge < -0.3 is 4.57 Å². The summed E-state index contributed by atoms with van der Waals surface area (Å²) in [6.45, 7) is 5.67.